The van der Waals surface area contributed by atoms with E-state index in [1.807, 2.05) is 6.07 Å². The molecule has 0 amide bonds. The quantitative estimate of drug-likeness (QED) is 0.867. The van der Waals surface area contributed by atoms with Gasteiger partial charge in [-0.3, -0.25) is 0 Å². The summed E-state index contributed by atoms with van der Waals surface area (Å²) in [6.45, 7) is 1.13. The highest BCUT2D eigenvalue weighted by Gasteiger charge is 2.38. The number of ether oxygens (including phenoxy) is 1. The van der Waals surface area contributed by atoms with E-state index in [0.717, 1.165) is 18.8 Å². The summed E-state index contributed by atoms with van der Waals surface area (Å²) < 4.78 is 5.73. The first-order valence-corrected chi connectivity index (χ1v) is 6.66. The molecule has 1 aliphatic heterocycles. The SMILES string of the molecule is OCC1(CC2COc3ccccc32)CCCC1. The lowest BCUT2D eigenvalue weighted by atomic mass is 9.77. The standard InChI is InChI=1S/C15H20O2/c16-11-15(7-3-4-8-15)9-12-10-17-14-6-2-1-5-13(12)14/h1-2,5-6,12,16H,3-4,7-11H2. The molecule has 1 unspecified atom stereocenters. The Morgan fingerprint density at radius 1 is 1.24 bits per heavy atom. The van der Waals surface area contributed by atoms with E-state index in [0.29, 0.717) is 12.5 Å². The molecule has 2 nitrogen and oxygen atoms in total. The van der Waals surface area contributed by atoms with E-state index in [9.17, 15) is 5.11 Å². The van der Waals surface area contributed by atoms with E-state index in [2.05, 4.69) is 18.2 Å². The first kappa shape index (κ1) is 11.1. The zero-order valence-electron chi connectivity index (χ0n) is 10.2. The second kappa shape index (κ2) is 4.34. The van der Waals surface area contributed by atoms with Gasteiger partial charge in [0.15, 0.2) is 0 Å². The molecular formula is C15H20O2. The molecule has 0 bridgehead atoms. The average Bonchev–Trinajstić information content (AvgIpc) is 2.99. The average molecular weight is 232 g/mol. The minimum Gasteiger partial charge on any atom is -0.493 e. The third kappa shape index (κ3) is 1.95. The molecule has 1 aromatic carbocycles. The van der Waals surface area contributed by atoms with Gasteiger partial charge < -0.3 is 9.84 Å². The molecule has 92 valence electrons. The van der Waals surface area contributed by atoms with Gasteiger partial charge >= 0.3 is 0 Å². The Morgan fingerprint density at radius 3 is 2.76 bits per heavy atom. The molecule has 1 aliphatic carbocycles. The lowest BCUT2D eigenvalue weighted by molar-refractivity contribution is 0.108. The van der Waals surface area contributed by atoms with Crippen LogP contribution in [-0.2, 0) is 0 Å². The smallest absolute Gasteiger partial charge is 0.122 e. The number of hydrogen-bond donors (Lipinski definition) is 1. The number of fused-ring (bicyclic) bond motifs is 1. The van der Waals surface area contributed by atoms with Gasteiger partial charge in [0.1, 0.15) is 5.75 Å². The van der Waals surface area contributed by atoms with Gasteiger partial charge in [0, 0.05) is 18.1 Å². The summed E-state index contributed by atoms with van der Waals surface area (Å²) in [5.74, 6) is 1.53. The molecule has 1 atom stereocenters. The maximum atomic E-state index is 9.68. The summed E-state index contributed by atoms with van der Waals surface area (Å²) in [7, 11) is 0. The number of rotatable bonds is 3. The molecule has 1 fully saturated rings. The predicted molar refractivity (Wildman–Crippen MR) is 67.3 cm³/mol. The molecule has 1 heterocycles. The number of para-hydroxylation sites is 1. The fraction of sp³-hybridized carbons (Fsp3) is 0.600. The molecule has 0 radical (unpaired) electrons. The molecule has 0 spiro atoms. The van der Waals surface area contributed by atoms with Crippen LogP contribution in [-0.4, -0.2) is 18.3 Å². The molecule has 17 heavy (non-hydrogen) atoms. The third-order valence-corrected chi connectivity index (χ3v) is 4.48. The Hall–Kier alpha value is -1.02. The van der Waals surface area contributed by atoms with Crippen LogP contribution in [0.15, 0.2) is 24.3 Å². The Bertz CT molecular complexity index is 394. The monoisotopic (exact) mass is 232 g/mol. The third-order valence-electron chi connectivity index (χ3n) is 4.48. The highest BCUT2D eigenvalue weighted by Crippen LogP contribution is 2.47. The number of aliphatic hydroxyl groups excluding tert-OH is 1. The number of benzene rings is 1. The molecule has 1 saturated carbocycles. The summed E-state index contributed by atoms with van der Waals surface area (Å²) in [6, 6.07) is 8.34. The first-order valence-electron chi connectivity index (χ1n) is 6.66. The summed E-state index contributed by atoms with van der Waals surface area (Å²) >= 11 is 0. The van der Waals surface area contributed by atoms with Gasteiger partial charge in [-0.2, -0.15) is 0 Å². The molecule has 1 N–H and O–H groups in total. The van der Waals surface area contributed by atoms with Crippen LogP contribution in [0.25, 0.3) is 0 Å². The van der Waals surface area contributed by atoms with Crippen molar-refractivity contribution in [2.24, 2.45) is 5.41 Å². The number of hydrogen-bond acceptors (Lipinski definition) is 2. The van der Waals surface area contributed by atoms with Crippen molar-refractivity contribution in [3.8, 4) is 5.75 Å². The van der Waals surface area contributed by atoms with Crippen LogP contribution in [0.1, 0.15) is 43.6 Å². The number of aliphatic hydroxyl groups is 1. The van der Waals surface area contributed by atoms with E-state index in [4.69, 9.17) is 4.74 Å². The van der Waals surface area contributed by atoms with Gasteiger partial charge in [-0.05, 0) is 30.7 Å². The molecule has 3 rings (SSSR count). The second-order valence-corrected chi connectivity index (χ2v) is 5.62. The van der Waals surface area contributed by atoms with Crippen LogP contribution in [0.3, 0.4) is 0 Å². The normalized spacial score (nSPS) is 25.6. The van der Waals surface area contributed by atoms with Gasteiger partial charge in [-0.15, -0.1) is 0 Å². The Labute approximate surface area is 103 Å². The highest BCUT2D eigenvalue weighted by molar-refractivity contribution is 5.39. The Kier molecular flexibility index (Phi) is 2.83. The molecule has 2 aliphatic rings. The van der Waals surface area contributed by atoms with Crippen molar-refractivity contribution in [2.45, 2.75) is 38.0 Å². The van der Waals surface area contributed by atoms with Crippen molar-refractivity contribution in [1.82, 2.24) is 0 Å². The highest BCUT2D eigenvalue weighted by atomic mass is 16.5. The van der Waals surface area contributed by atoms with Gasteiger partial charge in [0.25, 0.3) is 0 Å². The fourth-order valence-corrected chi connectivity index (χ4v) is 3.47. The molecule has 0 saturated heterocycles. The molecule has 0 aromatic heterocycles. The summed E-state index contributed by atoms with van der Waals surface area (Å²) in [5.41, 5.74) is 1.51. The molecular weight excluding hydrogens is 212 g/mol. The topological polar surface area (TPSA) is 29.5 Å². The van der Waals surface area contributed by atoms with Crippen LogP contribution < -0.4 is 4.74 Å². The van der Waals surface area contributed by atoms with Crippen molar-refractivity contribution in [2.75, 3.05) is 13.2 Å². The molecule has 1 aromatic rings. The maximum absolute atomic E-state index is 9.68. The lowest BCUT2D eigenvalue weighted by Gasteiger charge is -2.29. The van der Waals surface area contributed by atoms with Gasteiger partial charge in [-0.1, -0.05) is 31.0 Å². The van der Waals surface area contributed by atoms with Crippen molar-refractivity contribution in [3.05, 3.63) is 29.8 Å². The van der Waals surface area contributed by atoms with E-state index < -0.39 is 0 Å². The zero-order chi connectivity index (χ0) is 11.7. The summed E-state index contributed by atoms with van der Waals surface area (Å²) in [6.07, 6.45) is 6.00. The summed E-state index contributed by atoms with van der Waals surface area (Å²) in [4.78, 5) is 0. The lowest BCUT2D eigenvalue weighted by Crippen LogP contribution is -2.25. The van der Waals surface area contributed by atoms with E-state index >= 15 is 0 Å². The second-order valence-electron chi connectivity index (χ2n) is 5.62. The summed E-state index contributed by atoms with van der Waals surface area (Å²) in [5, 5.41) is 9.68. The zero-order valence-corrected chi connectivity index (χ0v) is 10.2. The fourth-order valence-electron chi connectivity index (χ4n) is 3.47. The van der Waals surface area contributed by atoms with Crippen LogP contribution in [0.2, 0.25) is 0 Å². The van der Waals surface area contributed by atoms with Crippen molar-refractivity contribution < 1.29 is 9.84 Å². The van der Waals surface area contributed by atoms with E-state index in [1.165, 1.54) is 31.2 Å². The molecule has 2 heteroatoms. The van der Waals surface area contributed by atoms with Gasteiger partial charge in [-0.25, -0.2) is 0 Å². The Balaban J connectivity index is 1.79. The van der Waals surface area contributed by atoms with Crippen LogP contribution in [0.4, 0.5) is 0 Å². The predicted octanol–water partition coefficient (Wildman–Crippen LogP) is 3.11. The van der Waals surface area contributed by atoms with Gasteiger partial charge in [0.05, 0.1) is 6.61 Å². The van der Waals surface area contributed by atoms with Crippen molar-refractivity contribution >= 4 is 0 Å². The minimum absolute atomic E-state index is 0.172. The van der Waals surface area contributed by atoms with Crippen molar-refractivity contribution in [3.63, 3.8) is 0 Å². The van der Waals surface area contributed by atoms with E-state index in [-0.39, 0.29) is 5.41 Å². The van der Waals surface area contributed by atoms with Crippen LogP contribution >= 0.6 is 0 Å². The largest absolute Gasteiger partial charge is 0.493 e. The minimum atomic E-state index is 0.172. The van der Waals surface area contributed by atoms with Gasteiger partial charge in [0.2, 0.25) is 0 Å². The van der Waals surface area contributed by atoms with E-state index in [1.54, 1.807) is 0 Å². The first-order chi connectivity index (χ1) is 8.33. The maximum Gasteiger partial charge on any atom is 0.122 e. The van der Waals surface area contributed by atoms with Crippen LogP contribution in [0, 0.1) is 5.41 Å². The van der Waals surface area contributed by atoms with Crippen molar-refractivity contribution in [1.29, 1.82) is 0 Å². The Morgan fingerprint density at radius 2 is 2.00 bits per heavy atom. The van der Waals surface area contributed by atoms with Crippen LogP contribution in [0.5, 0.6) is 5.75 Å².